The van der Waals surface area contributed by atoms with Crippen LogP contribution in [0.4, 0.5) is 0 Å². The first-order valence-electron chi connectivity index (χ1n) is 22.1. The molecule has 0 aliphatic heterocycles. The number of carboxylic acids is 1. The predicted octanol–water partition coefficient (Wildman–Crippen LogP) is 15.2. The Morgan fingerprint density at radius 3 is 0.660 bits per heavy atom. The summed E-state index contributed by atoms with van der Waals surface area (Å²) in [5, 5.41) is 9.36. The molecule has 0 saturated heterocycles. The topological polar surface area (TPSA) is 40.5 Å². The number of hydrogen-bond acceptors (Lipinski definition) is 2. The Morgan fingerprint density at radius 1 is 0.319 bits per heavy atom. The van der Waals surface area contributed by atoms with Gasteiger partial charge in [-0.2, -0.15) is 0 Å². The van der Waals surface area contributed by atoms with Crippen LogP contribution in [-0.2, 0) is 4.79 Å². The molecule has 0 spiro atoms. The van der Waals surface area contributed by atoms with Gasteiger partial charge in [-0.05, 0) is 25.9 Å². The summed E-state index contributed by atoms with van der Waals surface area (Å²) in [6.07, 6.45) is 53.2. The highest BCUT2D eigenvalue weighted by atomic mass is 16.4. The van der Waals surface area contributed by atoms with Crippen LogP contribution < -0.4 is 0 Å². The van der Waals surface area contributed by atoms with Crippen molar-refractivity contribution in [2.24, 2.45) is 0 Å². The zero-order chi connectivity index (χ0) is 34.1. The summed E-state index contributed by atoms with van der Waals surface area (Å²) >= 11 is 0. The van der Waals surface area contributed by atoms with Crippen LogP contribution in [0.15, 0.2) is 0 Å². The van der Waals surface area contributed by atoms with Crippen LogP contribution >= 0.6 is 0 Å². The molecule has 0 aromatic carbocycles. The van der Waals surface area contributed by atoms with Gasteiger partial charge in [0.25, 0.3) is 0 Å². The van der Waals surface area contributed by atoms with Gasteiger partial charge in [-0.25, -0.2) is 0 Å². The summed E-state index contributed by atoms with van der Waals surface area (Å²) in [6, 6.07) is 0. The monoisotopic (exact) mass is 664 g/mol. The molecule has 0 saturated carbocycles. The van der Waals surface area contributed by atoms with Crippen LogP contribution in [0.5, 0.6) is 0 Å². The second kappa shape index (κ2) is 41.6. The van der Waals surface area contributed by atoms with Crippen molar-refractivity contribution in [3.05, 3.63) is 0 Å². The fourth-order valence-corrected chi connectivity index (χ4v) is 7.29. The number of carboxylic acid groups (broad SMARTS) is 1. The van der Waals surface area contributed by atoms with Gasteiger partial charge in [0.1, 0.15) is 0 Å². The molecule has 0 aromatic rings. The van der Waals surface area contributed by atoms with E-state index in [0.717, 1.165) is 25.9 Å². The molecular formula is C44H89NO2. The molecule has 0 radical (unpaired) electrons. The molecular weight excluding hydrogens is 574 g/mol. The Bertz CT molecular complexity index is 537. The van der Waals surface area contributed by atoms with Crippen LogP contribution in [-0.4, -0.2) is 35.6 Å². The fourth-order valence-electron chi connectivity index (χ4n) is 7.29. The zero-order valence-electron chi connectivity index (χ0n) is 32.8. The number of aliphatic carboxylic acids is 1. The van der Waals surface area contributed by atoms with Crippen molar-refractivity contribution in [1.82, 2.24) is 4.90 Å². The molecule has 0 fully saturated rings. The van der Waals surface area contributed by atoms with E-state index in [1.807, 2.05) is 0 Å². The van der Waals surface area contributed by atoms with Gasteiger partial charge < -0.3 is 5.11 Å². The number of rotatable bonds is 42. The largest absolute Gasteiger partial charge is 0.480 e. The van der Waals surface area contributed by atoms with Crippen molar-refractivity contribution in [2.75, 3.05) is 19.6 Å². The number of unbranched alkanes of at least 4 members (excludes halogenated alkanes) is 36. The average molecular weight is 664 g/mol. The molecule has 47 heavy (non-hydrogen) atoms. The quantitative estimate of drug-likeness (QED) is 0.0661. The molecule has 0 unspecified atom stereocenters. The van der Waals surface area contributed by atoms with Gasteiger partial charge in [-0.15, -0.1) is 0 Å². The van der Waals surface area contributed by atoms with Gasteiger partial charge in [0, 0.05) is 0 Å². The maximum Gasteiger partial charge on any atom is 0.317 e. The number of carbonyl (C=O) groups is 1. The lowest BCUT2D eigenvalue weighted by molar-refractivity contribution is -0.138. The van der Waals surface area contributed by atoms with Crippen LogP contribution in [0, 0.1) is 0 Å². The van der Waals surface area contributed by atoms with Crippen molar-refractivity contribution in [3.63, 3.8) is 0 Å². The summed E-state index contributed by atoms with van der Waals surface area (Å²) < 4.78 is 0. The Labute approximate surface area is 297 Å². The first-order valence-corrected chi connectivity index (χ1v) is 22.1. The van der Waals surface area contributed by atoms with Gasteiger partial charge in [0.2, 0.25) is 0 Å². The Balaban J connectivity index is 3.43. The first-order chi connectivity index (χ1) is 23.2. The van der Waals surface area contributed by atoms with E-state index in [2.05, 4.69) is 18.7 Å². The van der Waals surface area contributed by atoms with Crippen LogP contribution in [0.3, 0.4) is 0 Å². The van der Waals surface area contributed by atoms with Gasteiger partial charge in [0.05, 0.1) is 6.54 Å². The SMILES string of the molecule is CCCCCCCCCCCCCCCCCCCCCN(CCCCCCCCCCCCCCCCCCCCC)CC(=O)O. The van der Waals surface area contributed by atoms with E-state index < -0.39 is 5.97 Å². The van der Waals surface area contributed by atoms with Crippen molar-refractivity contribution in [1.29, 1.82) is 0 Å². The maximum absolute atomic E-state index is 11.4. The highest BCUT2D eigenvalue weighted by molar-refractivity contribution is 5.69. The highest BCUT2D eigenvalue weighted by Crippen LogP contribution is 2.16. The lowest BCUT2D eigenvalue weighted by Gasteiger charge is -2.20. The molecule has 0 amide bonds. The smallest absolute Gasteiger partial charge is 0.317 e. The summed E-state index contributed by atoms with van der Waals surface area (Å²) in [7, 11) is 0. The van der Waals surface area contributed by atoms with Gasteiger partial charge in [-0.1, -0.05) is 245 Å². The molecule has 0 bridgehead atoms. The highest BCUT2D eigenvalue weighted by Gasteiger charge is 2.09. The fraction of sp³-hybridized carbons (Fsp3) is 0.977. The standard InChI is InChI=1S/C44H89NO2/c1-3-5-7-9-11-13-15-17-19-21-23-25-27-29-31-33-35-37-39-41-45(43-44(46)47)42-40-38-36-34-32-30-28-26-24-22-20-18-16-14-12-10-8-6-4-2/h3-43H2,1-2H3,(H,46,47). The Morgan fingerprint density at radius 2 is 0.489 bits per heavy atom. The molecule has 0 aliphatic rings. The molecule has 1 N–H and O–H groups in total. The molecule has 282 valence electrons. The Hall–Kier alpha value is -0.570. The van der Waals surface area contributed by atoms with Crippen molar-refractivity contribution in [2.45, 2.75) is 258 Å². The third-order valence-corrected chi connectivity index (χ3v) is 10.5. The lowest BCUT2D eigenvalue weighted by atomic mass is 10.0. The molecule has 0 atom stereocenters. The van der Waals surface area contributed by atoms with Gasteiger partial charge >= 0.3 is 5.97 Å². The molecule has 3 heteroatoms. The van der Waals surface area contributed by atoms with E-state index in [1.54, 1.807) is 0 Å². The van der Waals surface area contributed by atoms with E-state index in [4.69, 9.17) is 0 Å². The van der Waals surface area contributed by atoms with Crippen molar-refractivity contribution < 1.29 is 9.90 Å². The van der Waals surface area contributed by atoms with Crippen LogP contribution in [0.2, 0.25) is 0 Å². The predicted molar refractivity (Wildman–Crippen MR) is 211 cm³/mol. The minimum atomic E-state index is -0.666. The van der Waals surface area contributed by atoms with E-state index >= 15 is 0 Å². The minimum absolute atomic E-state index is 0.220. The number of nitrogens with zero attached hydrogens (tertiary/aromatic N) is 1. The van der Waals surface area contributed by atoms with E-state index in [9.17, 15) is 9.90 Å². The Kier molecular flexibility index (Phi) is 41.1. The first kappa shape index (κ1) is 46.4. The normalized spacial score (nSPS) is 11.6. The van der Waals surface area contributed by atoms with E-state index in [1.165, 1.54) is 231 Å². The zero-order valence-corrected chi connectivity index (χ0v) is 32.8. The van der Waals surface area contributed by atoms with Crippen molar-refractivity contribution in [3.8, 4) is 0 Å². The van der Waals surface area contributed by atoms with E-state index in [-0.39, 0.29) is 6.54 Å². The second-order valence-corrected chi connectivity index (χ2v) is 15.4. The molecule has 3 nitrogen and oxygen atoms in total. The van der Waals surface area contributed by atoms with E-state index in [0.29, 0.717) is 0 Å². The van der Waals surface area contributed by atoms with Gasteiger partial charge in [0.15, 0.2) is 0 Å². The second-order valence-electron chi connectivity index (χ2n) is 15.4. The third kappa shape index (κ3) is 41.5. The summed E-state index contributed by atoms with van der Waals surface area (Å²) in [5.74, 6) is -0.666. The summed E-state index contributed by atoms with van der Waals surface area (Å²) in [4.78, 5) is 13.6. The molecule has 0 heterocycles. The summed E-state index contributed by atoms with van der Waals surface area (Å²) in [5.41, 5.74) is 0. The third-order valence-electron chi connectivity index (χ3n) is 10.5. The average Bonchev–Trinajstić information content (AvgIpc) is 3.06. The molecule has 0 rings (SSSR count). The minimum Gasteiger partial charge on any atom is -0.480 e. The maximum atomic E-state index is 11.4. The van der Waals surface area contributed by atoms with Crippen molar-refractivity contribution >= 4 is 5.97 Å². The number of hydrogen-bond donors (Lipinski definition) is 1. The summed E-state index contributed by atoms with van der Waals surface area (Å²) in [6.45, 7) is 6.74. The van der Waals surface area contributed by atoms with Crippen LogP contribution in [0.25, 0.3) is 0 Å². The molecule has 0 aromatic heterocycles. The van der Waals surface area contributed by atoms with Crippen LogP contribution in [0.1, 0.15) is 258 Å². The molecule has 0 aliphatic carbocycles. The van der Waals surface area contributed by atoms with Gasteiger partial charge in [-0.3, -0.25) is 9.69 Å². The lowest BCUT2D eigenvalue weighted by Crippen LogP contribution is -2.31.